The van der Waals surface area contributed by atoms with Crippen LogP contribution in [0, 0.1) is 0 Å². The summed E-state index contributed by atoms with van der Waals surface area (Å²) in [5, 5.41) is 1.56. The van der Waals surface area contributed by atoms with Crippen LogP contribution in [0.2, 0.25) is 12.1 Å². The van der Waals surface area contributed by atoms with Gasteiger partial charge in [-0.2, -0.15) is 0 Å². The Labute approximate surface area is 92.2 Å². The van der Waals surface area contributed by atoms with E-state index in [1.165, 1.54) is 6.04 Å². The van der Waals surface area contributed by atoms with E-state index in [0.717, 1.165) is 12.5 Å². The second-order valence-electron chi connectivity index (χ2n) is 2.96. The van der Waals surface area contributed by atoms with Crippen molar-refractivity contribution in [3.05, 3.63) is 11.3 Å². The normalized spacial score (nSPS) is 14.6. The molecule has 0 fully saturated rings. The molecular weight excluding hydrogens is 247 g/mol. The highest BCUT2D eigenvalue weighted by molar-refractivity contribution is 7.64. The van der Waals surface area contributed by atoms with Gasteiger partial charge in [0.2, 0.25) is 0 Å². The Kier molecular flexibility index (Phi) is 7.06. The lowest BCUT2D eigenvalue weighted by atomic mass is 10.6. The Balaban J connectivity index is 3.34. The molecule has 0 heterocycles. The van der Waals surface area contributed by atoms with Gasteiger partial charge in [-0.25, -0.2) is 0 Å². The molecule has 0 spiro atoms. The van der Waals surface area contributed by atoms with Gasteiger partial charge in [0.25, 0.3) is 0 Å². The summed E-state index contributed by atoms with van der Waals surface area (Å²) in [5.41, 5.74) is 0. The maximum absolute atomic E-state index is 5.75. The lowest BCUT2D eigenvalue weighted by Gasteiger charge is -2.06. The molecule has 0 bridgehead atoms. The third-order valence-corrected chi connectivity index (χ3v) is 6.45. The van der Waals surface area contributed by atoms with Gasteiger partial charge in [0.1, 0.15) is 0 Å². The number of allylic oxidation sites excluding steroid dienone is 2. The maximum Gasteiger partial charge on any atom is 0.341 e. The first-order valence-corrected chi connectivity index (χ1v) is 11.1. The second-order valence-corrected chi connectivity index (χ2v) is 14.6. The smallest absolute Gasteiger partial charge is 0.126 e. The van der Waals surface area contributed by atoms with Gasteiger partial charge in [0.05, 0.1) is 0 Å². The number of rotatable bonds is 5. The van der Waals surface area contributed by atoms with Crippen molar-refractivity contribution in [1.82, 2.24) is 0 Å². The molecule has 0 aromatic heterocycles. The minimum absolute atomic E-state index is 0.0259. The molecule has 0 saturated heterocycles. The molecule has 12 heavy (non-hydrogen) atoms. The van der Waals surface area contributed by atoms with E-state index in [1.54, 1.807) is 5.20 Å². The number of hydrogen-bond acceptors (Lipinski definition) is 0. The fourth-order valence-corrected chi connectivity index (χ4v) is 4.57. The maximum atomic E-state index is 5.75. The molecule has 0 atom stereocenters. The number of hydrogen-bond donors (Lipinski definition) is 0. The standard InChI is InChI=1S/C7H15Cl3Si2/c1-3-7(2)11-5-4-6-12(8,9)10/h3H,4-6,11H2,1-2H3. The van der Waals surface area contributed by atoms with Crippen molar-refractivity contribution in [3.63, 3.8) is 0 Å². The van der Waals surface area contributed by atoms with Gasteiger partial charge in [-0.15, -0.1) is 33.2 Å². The van der Waals surface area contributed by atoms with Crippen molar-refractivity contribution >= 4 is 48.8 Å². The average molecular weight is 262 g/mol. The highest BCUT2D eigenvalue weighted by atomic mass is 35.8. The van der Waals surface area contributed by atoms with Gasteiger partial charge in [-0.3, -0.25) is 0 Å². The molecule has 0 unspecified atom stereocenters. The number of halogens is 3. The lowest BCUT2D eigenvalue weighted by Crippen LogP contribution is -2.08. The summed E-state index contributed by atoms with van der Waals surface area (Å²) in [6, 6.07) is -0.224. The van der Waals surface area contributed by atoms with Crippen molar-refractivity contribution in [2.45, 2.75) is 32.4 Å². The van der Waals surface area contributed by atoms with Crippen molar-refractivity contribution in [3.8, 4) is 0 Å². The van der Waals surface area contributed by atoms with E-state index in [2.05, 4.69) is 19.9 Å². The minimum atomic E-state index is -2.32. The van der Waals surface area contributed by atoms with Gasteiger partial charge in [-0.1, -0.05) is 23.7 Å². The topological polar surface area (TPSA) is 0 Å². The van der Waals surface area contributed by atoms with E-state index in [0.29, 0.717) is 0 Å². The van der Waals surface area contributed by atoms with E-state index in [4.69, 9.17) is 33.2 Å². The molecule has 0 radical (unpaired) electrons. The second kappa shape index (κ2) is 6.49. The highest BCUT2D eigenvalue weighted by Gasteiger charge is 2.23. The largest absolute Gasteiger partial charge is 0.341 e. The summed E-state index contributed by atoms with van der Waals surface area (Å²) < 4.78 is 0. The summed E-state index contributed by atoms with van der Waals surface area (Å²) in [7, 11) is -0.0259. The zero-order chi connectivity index (χ0) is 9.61. The van der Waals surface area contributed by atoms with Crippen LogP contribution in [-0.4, -0.2) is 15.5 Å². The van der Waals surface area contributed by atoms with Crippen LogP contribution in [0.25, 0.3) is 0 Å². The molecule has 0 N–H and O–H groups in total. The average Bonchev–Trinajstić information content (AvgIpc) is 1.96. The summed E-state index contributed by atoms with van der Waals surface area (Å²) in [6.45, 7) is 4.28. The van der Waals surface area contributed by atoms with Gasteiger partial charge in [0, 0.05) is 9.52 Å². The molecule has 0 amide bonds. The van der Waals surface area contributed by atoms with Crippen LogP contribution in [0.4, 0.5) is 0 Å². The van der Waals surface area contributed by atoms with Crippen molar-refractivity contribution < 1.29 is 0 Å². The Morgan fingerprint density at radius 3 is 2.42 bits per heavy atom. The molecule has 0 aromatic carbocycles. The SMILES string of the molecule is CC=C(C)[SiH2]CCC[Si](Cl)(Cl)Cl. The Morgan fingerprint density at radius 2 is 2.00 bits per heavy atom. The van der Waals surface area contributed by atoms with Gasteiger partial charge < -0.3 is 0 Å². The summed E-state index contributed by atoms with van der Waals surface area (Å²) in [6.07, 6.45) is 3.29. The molecule has 0 aliphatic heterocycles. The Morgan fingerprint density at radius 1 is 1.42 bits per heavy atom. The third kappa shape index (κ3) is 9.13. The van der Waals surface area contributed by atoms with Crippen LogP contribution >= 0.6 is 33.2 Å². The Bertz CT molecular complexity index is 151. The lowest BCUT2D eigenvalue weighted by molar-refractivity contribution is 1.06. The predicted octanol–water partition coefficient (Wildman–Crippen LogP) is 3.54. The Hall–Kier alpha value is 1.04. The summed E-state index contributed by atoms with van der Waals surface area (Å²) >= 11 is 17.3. The zero-order valence-electron chi connectivity index (χ0n) is 7.54. The molecule has 0 rings (SSSR count). The monoisotopic (exact) mass is 260 g/mol. The predicted molar refractivity (Wildman–Crippen MR) is 65.5 cm³/mol. The third-order valence-electron chi connectivity index (χ3n) is 1.77. The van der Waals surface area contributed by atoms with Gasteiger partial charge in [0.15, 0.2) is 0 Å². The van der Waals surface area contributed by atoms with Crippen LogP contribution in [0.15, 0.2) is 11.3 Å². The summed E-state index contributed by atoms with van der Waals surface area (Å²) in [4.78, 5) is 0. The van der Waals surface area contributed by atoms with Crippen LogP contribution in [0.5, 0.6) is 0 Å². The molecule has 0 aromatic rings. The van der Waals surface area contributed by atoms with E-state index in [1.807, 2.05) is 0 Å². The van der Waals surface area contributed by atoms with Crippen molar-refractivity contribution in [1.29, 1.82) is 0 Å². The first-order valence-electron chi connectivity index (χ1n) is 4.14. The van der Waals surface area contributed by atoms with Crippen molar-refractivity contribution in [2.75, 3.05) is 0 Å². The first-order chi connectivity index (χ1) is 5.45. The fraction of sp³-hybridized carbons (Fsp3) is 0.714. The highest BCUT2D eigenvalue weighted by Crippen LogP contribution is 2.27. The van der Waals surface area contributed by atoms with Crippen LogP contribution in [-0.2, 0) is 0 Å². The van der Waals surface area contributed by atoms with Gasteiger partial charge in [-0.05, 0) is 19.9 Å². The molecule has 0 nitrogen and oxygen atoms in total. The molecule has 72 valence electrons. The quantitative estimate of drug-likeness (QED) is 0.403. The van der Waals surface area contributed by atoms with E-state index >= 15 is 0 Å². The molecule has 5 heteroatoms. The van der Waals surface area contributed by atoms with Crippen molar-refractivity contribution in [2.24, 2.45) is 0 Å². The van der Waals surface area contributed by atoms with E-state index in [-0.39, 0.29) is 9.52 Å². The molecule has 0 saturated carbocycles. The molecule has 0 aliphatic carbocycles. The van der Waals surface area contributed by atoms with Crippen LogP contribution in [0.3, 0.4) is 0 Å². The zero-order valence-corrected chi connectivity index (χ0v) is 12.2. The van der Waals surface area contributed by atoms with Crippen LogP contribution < -0.4 is 0 Å². The van der Waals surface area contributed by atoms with E-state index in [9.17, 15) is 0 Å². The molecular formula is C7H15Cl3Si2. The van der Waals surface area contributed by atoms with Gasteiger partial charge >= 0.3 is 6.00 Å². The fourth-order valence-electron chi connectivity index (χ4n) is 0.874. The first kappa shape index (κ1) is 13.0. The van der Waals surface area contributed by atoms with Crippen LogP contribution in [0.1, 0.15) is 20.3 Å². The molecule has 0 aliphatic rings. The minimum Gasteiger partial charge on any atom is -0.126 e. The van der Waals surface area contributed by atoms with E-state index < -0.39 is 6.00 Å². The summed E-state index contributed by atoms with van der Waals surface area (Å²) in [5.74, 6) is 0.